The van der Waals surface area contributed by atoms with Crippen LogP contribution < -0.4 is 5.32 Å². The molecule has 0 aliphatic carbocycles. The lowest BCUT2D eigenvalue weighted by Gasteiger charge is -2.31. The van der Waals surface area contributed by atoms with Crippen LogP contribution in [0.1, 0.15) is 27.4 Å². The van der Waals surface area contributed by atoms with Gasteiger partial charge in [-0.15, -0.1) is 11.3 Å². The second kappa shape index (κ2) is 5.66. The zero-order valence-corrected chi connectivity index (χ0v) is 11.8. The molecule has 2 heterocycles. The average Bonchev–Trinajstić information content (AvgIpc) is 2.80. The summed E-state index contributed by atoms with van der Waals surface area (Å²) in [6, 6.07) is 1.61. The lowest BCUT2D eigenvalue weighted by Crippen LogP contribution is -2.43. The number of thiophene rings is 1. The lowest BCUT2D eigenvalue weighted by molar-refractivity contribution is -0.385. The van der Waals surface area contributed by atoms with Gasteiger partial charge in [-0.1, -0.05) is 0 Å². The van der Waals surface area contributed by atoms with Crippen LogP contribution in [0.15, 0.2) is 6.07 Å². The Balaban J connectivity index is 2.14. The average molecular weight is 283 g/mol. The molecule has 1 aliphatic rings. The maximum Gasteiger partial charge on any atom is 0.283 e. The first-order valence-corrected chi connectivity index (χ1v) is 7.05. The third kappa shape index (κ3) is 2.93. The normalized spacial score (nSPS) is 16.3. The number of carbonyl (C=O) groups excluding carboxylic acids is 1. The van der Waals surface area contributed by atoms with Gasteiger partial charge in [-0.25, -0.2) is 0 Å². The lowest BCUT2D eigenvalue weighted by atomic mass is 10.1. The minimum atomic E-state index is -0.437. The molecule has 0 aromatic carbocycles. The monoisotopic (exact) mass is 283 g/mol. The molecular formula is C12H17N3O3S. The van der Waals surface area contributed by atoms with Crippen molar-refractivity contribution in [3.63, 3.8) is 0 Å². The van der Waals surface area contributed by atoms with Crippen LogP contribution >= 0.6 is 11.3 Å². The highest BCUT2D eigenvalue weighted by Gasteiger charge is 2.26. The predicted molar refractivity (Wildman–Crippen MR) is 73.7 cm³/mol. The minimum Gasteiger partial charge on any atom is -0.338 e. The molecule has 6 nitrogen and oxygen atoms in total. The maximum absolute atomic E-state index is 12.3. The van der Waals surface area contributed by atoms with Crippen LogP contribution in [0, 0.1) is 17.0 Å². The molecule has 19 heavy (non-hydrogen) atoms. The van der Waals surface area contributed by atoms with Crippen LogP contribution in [0.3, 0.4) is 0 Å². The quantitative estimate of drug-likeness (QED) is 0.678. The summed E-state index contributed by atoms with van der Waals surface area (Å²) in [6.07, 6.45) is 1.85. The first-order chi connectivity index (χ1) is 9.00. The number of hydrogen-bond donors (Lipinski definition) is 1. The molecule has 0 spiro atoms. The smallest absolute Gasteiger partial charge is 0.283 e. The second-order valence-corrected chi connectivity index (χ2v) is 5.96. The Morgan fingerprint density at radius 3 is 2.68 bits per heavy atom. The van der Waals surface area contributed by atoms with Crippen LogP contribution in [0.5, 0.6) is 0 Å². The van der Waals surface area contributed by atoms with Gasteiger partial charge in [0, 0.05) is 19.2 Å². The number of nitro groups is 1. The van der Waals surface area contributed by atoms with Crippen molar-refractivity contribution in [3.05, 3.63) is 25.9 Å². The van der Waals surface area contributed by atoms with Gasteiger partial charge in [-0.05, 0) is 32.9 Å². The van der Waals surface area contributed by atoms with Gasteiger partial charge >= 0.3 is 0 Å². The third-order valence-corrected chi connectivity index (χ3v) is 4.50. The summed E-state index contributed by atoms with van der Waals surface area (Å²) in [7, 11) is 1.78. The van der Waals surface area contributed by atoms with Gasteiger partial charge in [0.2, 0.25) is 0 Å². The number of nitrogens with one attached hydrogen (secondary N) is 1. The summed E-state index contributed by atoms with van der Waals surface area (Å²) >= 11 is 1.19. The SMILES string of the molecule is Cc1sc(C(=O)N(C)C2CCNCC2)cc1[N+](=O)[O-]. The number of hydrogen-bond acceptors (Lipinski definition) is 5. The van der Waals surface area contributed by atoms with E-state index in [4.69, 9.17) is 0 Å². The molecular weight excluding hydrogens is 266 g/mol. The van der Waals surface area contributed by atoms with E-state index in [1.54, 1.807) is 18.9 Å². The molecule has 0 radical (unpaired) electrons. The zero-order valence-electron chi connectivity index (χ0n) is 11.0. The van der Waals surface area contributed by atoms with Crippen LogP contribution in [0.25, 0.3) is 0 Å². The number of piperidine rings is 1. The van der Waals surface area contributed by atoms with Crippen molar-refractivity contribution >= 4 is 22.9 Å². The van der Waals surface area contributed by atoms with Gasteiger partial charge < -0.3 is 10.2 Å². The first kappa shape index (κ1) is 14.0. The Morgan fingerprint density at radius 2 is 2.16 bits per heavy atom. The Kier molecular flexibility index (Phi) is 4.16. The summed E-state index contributed by atoms with van der Waals surface area (Å²) in [5.74, 6) is -0.117. The standard InChI is InChI=1S/C12H17N3O3S/c1-8-10(15(17)18)7-11(19-8)12(16)14(2)9-3-5-13-6-4-9/h7,9,13H,3-6H2,1-2H3. The molecule has 1 aliphatic heterocycles. The predicted octanol–water partition coefficient (Wildman–Crippen LogP) is 1.79. The molecule has 104 valence electrons. The van der Waals surface area contributed by atoms with Crippen molar-refractivity contribution in [1.29, 1.82) is 0 Å². The fourth-order valence-electron chi connectivity index (χ4n) is 2.29. The van der Waals surface area contributed by atoms with Crippen LogP contribution in [0.2, 0.25) is 0 Å². The summed E-state index contributed by atoms with van der Waals surface area (Å²) in [5.41, 5.74) is 0.0343. The fraction of sp³-hybridized carbons (Fsp3) is 0.583. The number of carbonyl (C=O) groups is 1. The van der Waals surface area contributed by atoms with Gasteiger partial charge in [0.15, 0.2) is 0 Å². The van der Waals surface area contributed by atoms with Crippen LogP contribution in [-0.2, 0) is 0 Å². The number of nitrogens with zero attached hydrogens (tertiary/aromatic N) is 2. The van der Waals surface area contributed by atoms with E-state index in [0.717, 1.165) is 25.9 Å². The van der Waals surface area contributed by atoms with Gasteiger partial charge in [0.1, 0.15) is 0 Å². The highest BCUT2D eigenvalue weighted by atomic mass is 32.1. The molecule has 1 fully saturated rings. The Labute approximate surface area is 115 Å². The van der Waals surface area contributed by atoms with E-state index >= 15 is 0 Å². The Hall–Kier alpha value is -1.47. The van der Waals surface area contributed by atoms with Crippen molar-refractivity contribution in [2.45, 2.75) is 25.8 Å². The number of amides is 1. The zero-order chi connectivity index (χ0) is 14.0. The molecule has 0 unspecified atom stereocenters. The summed E-state index contributed by atoms with van der Waals surface area (Å²) < 4.78 is 0. The van der Waals surface area contributed by atoms with E-state index in [-0.39, 0.29) is 17.6 Å². The maximum atomic E-state index is 12.3. The van der Waals surface area contributed by atoms with Gasteiger partial charge in [0.25, 0.3) is 11.6 Å². The fourth-order valence-corrected chi connectivity index (χ4v) is 3.26. The topological polar surface area (TPSA) is 75.5 Å². The van der Waals surface area contributed by atoms with E-state index in [2.05, 4.69) is 5.32 Å². The van der Waals surface area contributed by atoms with E-state index in [1.807, 2.05) is 0 Å². The summed E-state index contributed by atoms with van der Waals surface area (Å²) in [5, 5.41) is 14.1. The molecule has 0 saturated carbocycles. The summed E-state index contributed by atoms with van der Waals surface area (Å²) in [6.45, 7) is 3.49. The van der Waals surface area contributed by atoms with Gasteiger partial charge in [-0.3, -0.25) is 14.9 Å². The highest BCUT2D eigenvalue weighted by Crippen LogP contribution is 2.29. The van der Waals surface area contributed by atoms with Crippen molar-refractivity contribution < 1.29 is 9.72 Å². The van der Waals surface area contributed by atoms with E-state index in [9.17, 15) is 14.9 Å². The third-order valence-electron chi connectivity index (χ3n) is 3.48. The molecule has 1 aromatic heterocycles. The Morgan fingerprint density at radius 1 is 1.53 bits per heavy atom. The van der Waals surface area contributed by atoms with Crippen molar-refractivity contribution in [2.24, 2.45) is 0 Å². The van der Waals surface area contributed by atoms with E-state index in [0.29, 0.717) is 9.75 Å². The van der Waals surface area contributed by atoms with E-state index < -0.39 is 4.92 Å². The molecule has 7 heteroatoms. The molecule has 1 saturated heterocycles. The Bertz CT molecular complexity index is 494. The molecule has 1 N–H and O–H groups in total. The molecule has 2 rings (SSSR count). The first-order valence-electron chi connectivity index (χ1n) is 6.23. The van der Waals surface area contributed by atoms with Crippen LogP contribution in [-0.4, -0.2) is 41.9 Å². The molecule has 1 amide bonds. The van der Waals surface area contributed by atoms with Crippen molar-refractivity contribution in [3.8, 4) is 0 Å². The van der Waals surface area contributed by atoms with E-state index in [1.165, 1.54) is 17.4 Å². The minimum absolute atomic E-state index is 0.0343. The summed E-state index contributed by atoms with van der Waals surface area (Å²) in [4.78, 5) is 25.4. The highest BCUT2D eigenvalue weighted by molar-refractivity contribution is 7.14. The van der Waals surface area contributed by atoms with Crippen molar-refractivity contribution in [2.75, 3.05) is 20.1 Å². The van der Waals surface area contributed by atoms with Crippen molar-refractivity contribution in [1.82, 2.24) is 10.2 Å². The molecule has 0 atom stereocenters. The van der Waals surface area contributed by atoms with Crippen LogP contribution in [0.4, 0.5) is 5.69 Å². The molecule has 0 bridgehead atoms. The largest absolute Gasteiger partial charge is 0.338 e. The number of aryl methyl sites for hydroxylation is 1. The van der Waals surface area contributed by atoms with Gasteiger partial charge in [0.05, 0.1) is 14.7 Å². The second-order valence-electron chi connectivity index (χ2n) is 4.71. The molecule has 1 aromatic rings. The van der Waals surface area contributed by atoms with Gasteiger partial charge in [-0.2, -0.15) is 0 Å². The number of rotatable bonds is 3.